The topological polar surface area (TPSA) is 60.2 Å². The fourth-order valence-corrected chi connectivity index (χ4v) is 4.40. The number of ether oxygens (including phenoxy) is 1. The van der Waals surface area contributed by atoms with Crippen LogP contribution in [-0.2, 0) is 17.7 Å². The Morgan fingerprint density at radius 1 is 1.06 bits per heavy atom. The molecule has 0 amide bonds. The number of carbonyl (C=O) groups is 1. The van der Waals surface area contributed by atoms with Crippen LogP contribution in [0.2, 0.25) is 0 Å². The van der Waals surface area contributed by atoms with Gasteiger partial charge in [0.15, 0.2) is 0 Å². The largest absolute Gasteiger partial charge is 0.456 e. The van der Waals surface area contributed by atoms with Gasteiger partial charge in [0, 0.05) is 6.54 Å². The van der Waals surface area contributed by atoms with E-state index < -0.39 is 0 Å². The lowest BCUT2D eigenvalue weighted by Gasteiger charge is -2.30. The van der Waals surface area contributed by atoms with E-state index in [4.69, 9.17) is 4.74 Å². The molecule has 32 heavy (non-hydrogen) atoms. The second kappa shape index (κ2) is 11.0. The summed E-state index contributed by atoms with van der Waals surface area (Å²) in [6.45, 7) is 1.76. The molecule has 2 aromatic carbocycles. The predicted molar refractivity (Wildman–Crippen MR) is 124 cm³/mol. The van der Waals surface area contributed by atoms with E-state index >= 15 is 0 Å². The SMILES string of the molecule is CN(CCCc1ccccc1)Cc1cn([C@@H]2CCCC[C@H]2OC(=O)c2ccccc2)nn1. The van der Waals surface area contributed by atoms with Crippen molar-refractivity contribution >= 4 is 5.97 Å². The highest BCUT2D eigenvalue weighted by Gasteiger charge is 2.31. The molecular formula is C26H32N4O2. The number of aryl methyl sites for hydroxylation is 1. The maximum atomic E-state index is 12.6. The summed E-state index contributed by atoms with van der Waals surface area (Å²) in [4.78, 5) is 14.9. The second-order valence-corrected chi connectivity index (χ2v) is 8.68. The van der Waals surface area contributed by atoms with Gasteiger partial charge in [-0.3, -0.25) is 0 Å². The molecule has 1 fully saturated rings. The number of carbonyl (C=O) groups excluding carboxylic acids is 1. The molecule has 6 nitrogen and oxygen atoms in total. The number of hydrogen-bond acceptors (Lipinski definition) is 5. The average Bonchev–Trinajstić information content (AvgIpc) is 3.29. The molecule has 0 saturated heterocycles. The van der Waals surface area contributed by atoms with Crippen LogP contribution in [0.1, 0.15) is 59.8 Å². The molecule has 1 aliphatic carbocycles. The zero-order valence-corrected chi connectivity index (χ0v) is 18.8. The van der Waals surface area contributed by atoms with Gasteiger partial charge in [-0.15, -0.1) is 5.10 Å². The number of nitrogens with zero attached hydrogens (tertiary/aromatic N) is 4. The third kappa shape index (κ3) is 6.04. The van der Waals surface area contributed by atoms with Crippen molar-refractivity contribution < 1.29 is 9.53 Å². The van der Waals surface area contributed by atoms with Gasteiger partial charge in [-0.05, 0) is 63.4 Å². The van der Waals surface area contributed by atoms with E-state index in [0.29, 0.717) is 5.56 Å². The third-order valence-corrected chi connectivity index (χ3v) is 6.11. The van der Waals surface area contributed by atoms with Crippen LogP contribution in [0.3, 0.4) is 0 Å². The zero-order chi connectivity index (χ0) is 22.2. The fraction of sp³-hybridized carbons (Fsp3) is 0.423. The molecule has 0 bridgehead atoms. The minimum atomic E-state index is -0.263. The van der Waals surface area contributed by atoms with Crippen molar-refractivity contribution in [2.75, 3.05) is 13.6 Å². The molecule has 1 aliphatic rings. The Bertz CT molecular complexity index is 974. The number of esters is 1. The summed E-state index contributed by atoms with van der Waals surface area (Å²) >= 11 is 0. The number of rotatable bonds is 9. The van der Waals surface area contributed by atoms with Crippen LogP contribution in [0.5, 0.6) is 0 Å². The molecule has 0 spiro atoms. The lowest BCUT2D eigenvalue weighted by molar-refractivity contribution is 0.00176. The summed E-state index contributed by atoms with van der Waals surface area (Å²) in [7, 11) is 2.12. The lowest BCUT2D eigenvalue weighted by Crippen LogP contribution is -2.32. The smallest absolute Gasteiger partial charge is 0.338 e. The number of aromatic nitrogens is 3. The van der Waals surface area contributed by atoms with Crippen molar-refractivity contribution in [3.63, 3.8) is 0 Å². The van der Waals surface area contributed by atoms with Gasteiger partial charge in [-0.2, -0.15) is 0 Å². The molecule has 2 atom stereocenters. The van der Waals surface area contributed by atoms with Gasteiger partial charge in [0.05, 0.1) is 23.5 Å². The summed E-state index contributed by atoms with van der Waals surface area (Å²) in [5, 5.41) is 8.80. The Balaban J connectivity index is 1.31. The molecule has 4 rings (SSSR count). The lowest BCUT2D eigenvalue weighted by atomic mass is 9.92. The van der Waals surface area contributed by atoms with Crippen LogP contribution in [0.15, 0.2) is 66.9 Å². The molecule has 168 valence electrons. The van der Waals surface area contributed by atoms with Crippen LogP contribution < -0.4 is 0 Å². The summed E-state index contributed by atoms with van der Waals surface area (Å²) in [6.07, 6.45) is 8.01. The van der Waals surface area contributed by atoms with E-state index in [0.717, 1.165) is 57.3 Å². The fourth-order valence-electron chi connectivity index (χ4n) is 4.40. The van der Waals surface area contributed by atoms with Crippen LogP contribution in [0.4, 0.5) is 0 Å². The third-order valence-electron chi connectivity index (χ3n) is 6.11. The monoisotopic (exact) mass is 432 g/mol. The minimum absolute atomic E-state index is 0.0426. The van der Waals surface area contributed by atoms with Crippen molar-refractivity contribution in [2.45, 2.75) is 57.2 Å². The van der Waals surface area contributed by atoms with Crippen LogP contribution in [-0.4, -0.2) is 45.6 Å². The highest BCUT2D eigenvalue weighted by molar-refractivity contribution is 5.89. The molecule has 1 heterocycles. The standard InChI is InChI=1S/C26H32N4O2/c1-29(18-10-13-21-11-4-2-5-12-21)19-23-20-30(28-27-23)24-16-8-9-17-25(24)32-26(31)22-14-6-3-7-15-22/h2-7,11-12,14-15,20,24-25H,8-10,13,16-19H2,1H3/t24-,25-/m1/s1. The summed E-state index contributed by atoms with van der Waals surface area (Å²) in [6, 6.07) is 19.8. The molecule has 0 radical (unpaired) electrons. The first-order valence-corrected chi connectivity index (χ1v) is 11.6. The Morgan fingerprint density at radius 3 is 2.56 bits per heavy atom. The number of hydrogen-bond donors (Lipinski definition) is 0. The highest BCUT2D eigenvalue weighted by atomic mass is 16.5. The van der Waals surface area contributed by atoms with Gasteiger partial charge in [0.1, 0.15) is 6.10 Å². The molecule has 3 aromatic rings. The zero-order valence-electron chi connectivity index (χ0n) is 18.8. The van der Waals surface area contributed by atoms with E-state index in [-0.39, 0.29) is 18.1 Å². The molecule has 0 N–H and O–H groups in total. The maximum Gasteiger partial charge on any atom is 0.338 e. The van der Waals surface area contributed by atoms with E-state index in [9.17, 15) is 4.79 Å². The first-order chi connectivity index (χ1) is 15.7. The van der Waals surface area contributed by atoms with Crippen molar-refractivity contribution in [3.8, 4) is 0 Å². The minimum Gasteiger partial charge on any atom is -0.456 e. The normalized spacial score (nSPS) is 18.6. The Labute approximate surface area is 190 Å². The van der Waals surface area contributed by atoms with E-state index in [1.54, 1.807) is 12.1 Å². The molecular weight excluding hydrogens is 400 g/mol. The highest BCUT2D eigenvalue weighted by Crippen LogP contribution is 2.31. The maximum absolute atomic E-state index is 12.6. The van der Waals surface area contributed by atoms with E-state index in [1.807, 2.05) is 29.1 Å². The van der Waals surface area contributed by atoms with Crippen LogP contribution in [0.25, 0.3) is 0 Å². The van der Waals surface area contributed by atoms with Crippen molar-refractivity contribution in [2.24, 2.45) is 0 Å². The van der Waals surface area contributed by atoms with Crippen LogP contribution in [0, 0.1) is 0 Å². The molecule has 1 saturated carbocycles. The Hall–Kier alpha value is -2.99. The Morgan fingerprint density at radius 2 is 1.78 bits per heavy atom. The number of benzene rings is 2. The first kappa shape index (κ1) is 22.2. The Kier molecular flexibility index (Phi) is 7.67. The quantitative estimate of drug-likeness (QED) is 0.459. The molecule has 0 aliphatic heterocycles. The van der Waals surface area contributed by atoms with Gasteiger partial charge >= 0.3 is 5.97 Å². The summed E-state index contributed by atoms with van der Waals surface area (Å²) in [5.41, 5.74) is 2.92. The van der Waals surface area contributed by atoms with Gasteiger partial charge in [0.2, 0.25) is 0 Å². The molecule has 0 unspecified atom stereocenters. The molecule has 1 aromatic heterocycles. The van der Waals surface area contributed by atoms with Crippen LogP contribution >= 0.6 is 0 Å². The predicted octanol–water partition coefficient (Wildman–Crippen LogP) is 4.68. The van der Waals surface area contributed by atoms with Crippen molar-refractivity contribution in [1.29, 1.82) is 0 Å². The van der Waals surface area contributed by atoms with E-state index in [2.05, 4.69) is 52.6 Å². The summed E-state index contributed by atoms with van der Waals surface area (Å²) in [5.74, 6) is -0.263. The van der Waals surface area contributed by atoms with Gasteiger partial charge in [0.25, 0.3) is 0 Å². The summed E-state index contributed by atoms with van der Waals surface area (Å²) < 4.78 is 7.80. The van der Waals surface area contributed by atoms with E-state index in [1.165, 1.54) is 5.56 Å². The van der Waals surface area contributed by atoms with Crippen molar-refractivity contribution in [3.05, 3.63) is 83.7 Å². The van der Waals surface area contributed by atoms with Gasteiger partial charge in [-0.25, -0.2) is 9.48 Å². The molecule has 6 heteroatoms. The average molecular weight is 433 g/mol. The second-order valence-electron chi connectivity index (χ2n) is 8.68. The van der Waals surface area contributed by atoms with Gasteiger partial charge < -0.3 is 9.64 Å². The van der Waals surface area contributed by atoms with Crippen molar-refractivity contribution in [1.82, 2.24) is 19.9 Å². The van der Waals surface area contributed by atoms with Gasteiger partial charge in [-0.1, -0.05) is 60.2 Å². The first-order valence-electron chi connectivity index (χ1n) is 11.6.